The molecule has 1 atom stereocenters. The molecule has 94 valence electrons. The minimum Gasteiger partial charge on any atom is -0.394 e. The lowest BCUT2D eigenvalue weighted by molar-refractivity contribution is 0.0847. The minimum atomic E-state index is -0.701. The van der Waals surface area contributed by atoms with Gasteiger partial charge in [-0.1, -0.05) is 18.5 Å². The SMILES string of the molecule is CC[C@@](C)(CO)NC(=O)c1ccc(Cl)c(F)c1. The fraction of sp³-hybridized carbons (Fsp3) is 0.417. The predicted octanol–water partition coefficient (Wildman–Crippen LogP) is 2.37. The van der Waals surface area contributed by atoms with Crippen molar-refractivity contribution >= 4 is 17.5 Å². The summed E-state index contributed by atoms with van der Waals surface area (Å²) in [5.41, 5.74) is -0.521. The number of amides is 1. The monoisotopic (exact) mass is 259 g/mol. The van der Waals surface area contributed by atoms with Gasteiger partial charge in [-0.2, -0.15) is 0 Å². The molecular weight excluding hydrogens is 245 g/mol. The number of rotatable bonds is 4. The van der Waals surface area contributed by atoms with E-state index in [0.717, 1.165) is 6.07 Å². The highest BCUT2D eigenvalue weighted by molar-refractivity contribution is 6.30. The predicted molar refractivity (Wildman–Crippen MR) is 64.7 cm³/mol. The highest BCUT2D eigenvalue weighted by Crippen LogP contribution is 2.16. The third-order valence-electron chi connectivity index (χ3n) is 2.73. The van der Waals surface area contributed by atoms with Crippen LogP contribution < -0.4 is 5.32 Å². The lowest BCUT2D eigenvalue weighted by atomic mass is 9.99. The zero-order valence-electron chi connectivity index (χ0n) is 9.76. The Labute approximate surface area is 105 Å². The Morgan fingerprint density at radius 1 is 1.59 bits per heavy atom. The van der Waals surface area contributed by atoms with E-state index in [9.17, 15) is 9.18 Å². The van der Waals surface area contributed by atoms with Crippen LogP contribution in [0.2, 0.25) is 5.02 Å². The van der Waals surface area contributed by atoms with Crippen LogP contribution >= 0.6 is 11.6 Å². The summed E-state index contributed by atoms with van der Waals surface area (Å²) in [4.78, 5) is 11.8. The molecule has 1 aromatic carbocycles. The molecular formula is C12H15ClFNO2. The van der Waals surface area contributed by atoms with E-state index in [4.69, 9.17) is 16.7 Å². The molecule has 1 amide bonds. The van der Waals surface area contributed by atoms with Gasteiger partial charge in [-0.3, -0.25) is 4.79 Å². The van der Waals surface area contributed by atoms with Crippen LogP contribution in [0.1, 0.15) is 30.6 Å². The van der Waals surface area contributed by atoms with Crippen molar-refractivity contribution in [2.45, 2.75) is 25.8 Å². The zero-order chi connectivity index (χ0) is 13.1. The Hall–Kier alpha value is -1.13. The number of carbonyl (C=O) groups is 1. The van der Waals surface area contributed by atoms with Crippen LogP contribution in [0.4, 0.5) is 4.39 Å². The molecule has 0 saturated carbocycles. The van der Waals surface area contributed by atoms with Crippen LogP contribution in [-0.2, 0) is 0 Å². The highest BCUT2D eigenvalue weighted by atomic mass is 35.5. The second kappa shape index (κ2) is 5.47. The van der Waals surface area contributed by atoms with Crippen LogP contribution in [0, 0.1) is 5.82 Å². The van der Waals surface area contributed by atoms with E-state index in [-0.39, 0.29) is 17.2 Å². The first-order valence-electron chi connectivity index (χ1n) is 5.30. The smallest absolute Gasteiger partial charge is 0.251 e. The Balaban J connectivity index is 2.86. The Kier molecular flexibility index (Phi) is 4.48. The summed E-state index contributed by atoms with van der Waals surface area (Å²) >= 11 is 5.53. The summed E-state index contributed by atoms with van der Waals surface area (Å²) in [5.74, 6) is -1.07. The lowest BCUT2D eigenvalue weighted by Gasteiger charge is -2.27. The largest absolute Gasteiger partial charge is 0.394 e. The first-order valence-corrected chi connectivity index (χ1v) is 5.68. The third-order valence-corrected chi connectivity index (χ3v) is 3.03. The maximum absolute atomic E-state index is 13.2. The van der Waals surface area contributed by atoms with E-state index in [1.54, 1.807) is 6.92 Å². The molecule has 3 nitrogen and oxygen atoms in total. The fourth-order valence-corrected chi connectivity index (χ4v) is 1.34. The van der Waals surface area contributed by atoms with E-state index in [1.165, 1.54) is 12.1 Å². The van der Waals surface area contributed by atoms with E-state index < -0.39 is 17.3 Å². The molecule has 0 aliphatic rings. The summed E-state index contributed by atoms with van der Waals surface area (Å²) in [6, 6.07) is 3.84. The van der Waals surface area contributed by atoms with Crippen LogP contribution in [0.15, 0.2) is 18.2 Å². The van der Waals surface area contributed by atoms with Crippen molar-refractivity contribution in [3.05, 3.63) is 34.6 Å². The molecule has 5 heteroatoms. The molecule has 0 unspecified atom stereocenters. The zero-order valence-corrected chi connectivity index (χ0v) is 10.5. The van der Waals surface area contributed by atoms with E-state index >= 15 is 0 Å². The molecule has 0 spiro atoms. The van der Waals surface area contributed by atoms with Crippen LogP contribution in [-0.4, -0.2) is 23.2 Å². The lowest BCUT2D eigenvalue weighted by Crippen LogP contribution is -2.48. The average Bonchev–Trinajstić information content (AvgIpc) is 2.32. The van der Waals surface area contributed by atoms with Gasteiger partial charge in [0.1, 0.15) is 5.82 Å². The van der Waals surface area contributed by atoms with Crippen molar-refractivity contribution in [1.82, 2.24) is 5.32 Å². The number of aliphatic hydroxyl groups excluding tert-OH is 1. The summed E-state index contributed by atoms with van der Waals surface area (Å²) in [5, 5.41) is 11.8. The van der Waals surface area contributed by atoms with Crippen LogP contribution in [0.5, 0.6) is 0 Å². The topological polar surface area (TPSA) is 49.3 Å². The molecule has 1 rings (SSSR count). The standard InChI is InChI=1S/C12H15ClFNO2/c1-3-12(2,7-16)15-11(17)8-4-5-9(13)10(14)6-8/h4-6,16H,3,7H2,1-2H3,(H,15,17)/t12-/m0/s1. The number of hydrogen-bond acceptors (Lipinski definition) is 2. The van der Waals surface area contributed by atoms with Gasteiger partial charge in [-0.25, -0.2) is 4.39 Å². The van der Waals surface area contributed by atoms with Crippen molar-refractivity contribution < 1.29 is 14.3 Å². The molecule has 0 aliphatic heterocycles. The number of halogens is 2. The van der Waals surface area contributed by atoms with Gasteiger partial charge in [-0.15, -0.1) is 0 Å². The molecule has 0 saturated heterocycles. The normalized spacial score (nSPS) is 14.2. The van der Waals surface area contributed by atoms with E-state index in [2.05, 4.69) is 5.32 Å². The first kappa shape index (κ1) is 13.9. The van der Waals surface area contributed by atoms with Gasteiger partial charge in [0.05, 0.1) is 17.2 Å². The van der Waals surface area contributed by atoms with E-state index in [0.29, 0.717) is 6.42 Å². The fourth-order valence-electron chi connectivity index (χ4n) is 1.22. The van der Waals surface area contributed by atoms with Gasteiger partial charge in [0.15, 0.2) is 0 Å². The van der Waals surface area contributed by atoms with Crippen molar-refractivity contribution in [2.75, 3.05) is 6.61 Å². The van der Waals surface area contributed by atoms with Gasteiger partial charge in [0, 0.05) is 5.56 Å². The molecule has 0 fully saturated rings. The second-order valence-corrected chi connectivity index (χ2v) is 4.56. The number of hydrogen-bond donors (Lipinski definition) is 2. The quantitative estimate of drug-likeness (QED) is 0.872. The van der Waals surface area contributed by atoms with Crippen molar-refractivity contribution in [1.29, 1.82) is 0 Å². The van der Waals surface area contributed by atoms with Crippen LogP contribution in [0.25, 0.3) is 0 Å². The number of carbonyl (C=O) groups excluding carboxylic acids is 1. The van der Waals surface area contributed by atoms with Crippen LogP contribution in [0.3, 0.4) is 0 Å². The maximum Gasteiger partial charge on any atom is 0.251 e. The van der Waals surface area contributed by atoms with Gasteiger partial charge in [0.2, 0.25) is 0 Å². The molecule has 0 bridgehead atoms. The summed E-state index contributed by atoms with van der Waals surface area (Å²) in [6.45, 7) is 3.39. The van der Waals surface area contributed by atoms with Gasteiger partial charge in [0.25, 0.3) is 5.91 Å². The number of aliphatic hydroxyl groups is 1. The minimum absolute atomic E-state index is 0.0260. The summed E-state index contributed by atoms with van der Waals surface area (Å²) in [6.07, 6.45) is 0.575. The molecule has 0 aliphatic carbocycles. The Morgan fingerprint density at radius 3 is 2.71 bits per heavy atom. The molecule has 17 heavy (non-hydrogen) atoms. The van der Waals surface area contributed by atoms with Gasteiger partial charge in [-0.05, 0) is 31.5 Å². The molecule has 0 radical (unpaired) electrons. The summed E-state index contributed by atoms with van der Waals surface area (Å²) in [7, 11) is 0. The van der Waals surface area contributed by atoms with E-state index in [1.807, 2.05) is 6.92 Å². The second-order valence-electron chi connectivity index (χ2n) is 4.16. The molecule has 0 aromatic heterocycles. The molecule has 0 heterocycles. The van der Waals surface area contributed by atoms with Gasteiger partial charge < -0.3 is 10.4 Å². The number of nitrogens with one attached hydrogen (secondary N) is 1. The first-order chi connectivity index (χ1) is 7.91. The van der Waals surface area contributed by atoms with Crippen molar-refractivity contribution in [3.8, 4) is 0 Å². The highest BCUT2D eigenvalue weighted by Gasteiger charge is 2.24. The average molecular weight is 260 g/mol. The summed E-state index contributed by atoms with van der Waals surface area (Å²) < 4.78 is 13.2. The number of benzene rings is 1. The van der Waals surface area contributed by atoms with Gasteiger partial charge >= 0.3 is 0 Å². The Bertz CT molecular complexity index is 419. The molecule has 2 N–H and O–H groups in total. The molecule has 1 aromatic rings. The van der Waals surface area contributed by atoms with Crippen molar-refractivity contribution in [2.24, 2.45) is 0 Å². The Morgan fingerprint density at radius 2 is 2.24 bits per heavy atom. The maximum atomic E-state index is 13.2. The third kappa shape index (κ3) is 3.41. The van der Waals surface area contributed by atoms with Crippen molar-refractivity contribution in [3.63, 3.8) is 0 Å².